The first-order valence-corrected chi connectivity index (χ1v) is 9.75. The minimum Gasteiger partial charge on any atom is -0.466 e. The minimum atomic E-state index is -1.52. The Hall–Kier alpha value is -1.13. The number of furan rings is 1. The molecule has 2 nitrogen and oxygen atoms in total. The highest BCUT2D eigenvalue weighted by Gasteiger charge is 2.22. The summed E-state index contributed by atoms with van der Waals surface area (Å²) in [5, 5.41) is 1.86. The van der Waals surface area contributed by atoms with Crippen molar-refractivity contribution in [2.24, 2.45) is 5.73 Å². The van der Waals surface area contributed by atoms with Crippen LogP contribution in [0.3, 0.4) is 0 Å². The third-order valence-electron chi connectivity index (χ3n) is 2.94. The monoisotopic (exact) mass is 265 g/mol. The third-order valence-corrected chi connectivity index (χ3v) is 4.66. The van der Waals surface area contributed by atoms with Gasteiger partial charge < -0.3 is 10.2 Å². The third kappa shape index (κ3) is 2.65. The predicted octanol–water partition coefficient (Wildman–Crippen LogP) is 3.01. The Kier molecular flexibility index (Phi) is 3.34. The molecule has 0 radical (unpaired) electrons. The fraction of sp³-hybridized carbons (Fsp3) is 0.429. The van der Waals surface area contributed by atoms with Crippen LogP contribution < -0.4 is 11.1 Å². The molecule has 1 aromatic heterocycles. The maximum atomic E-state index is 13.6. The van der Waals surface area contributed by atoms with Crippen LogP contribution in [0.1, 0.15) is 12.5 Å². The molecule has 1 heterocycles. The summed E-state index contributed by atoms with van der Waals surface area (Å²) < 4.78 is 19.5. The molecule has 0 saturated heterocycles. The van der Waals surface area contributed by atoms with E-state index in [1.54, 1.807) is 0 Å². The Morgan fingerprint density at radius 1 is 1.28 bits per heavy atom. The number of hydrogen-bond acceptors (Lipinski definition) is 2. The molecule has 2 aromatic rings. The van der Waals surface area contributed by atoms with E-state index in [9.17, 15) is 4.39 Å². The van der Waals surface area contributed by atoms with Crippen molar-refractivity contribution in [2.75, 3.05) is 0 Å². The highest BCUT2D eigenvalue weighted by molar-refractivity contribution is 6.87. The van der Waals surface area contributed by atoms with Gasteiger partial charge in [0.25, 0.3) is 0 Å². The van der Waals surface area contributed by atoms with Crippen LogP contribution in [0.5, 0.6) is 0 Å². The molecule has 0 fully saturated rings. The van der Waals surface area contributed by atoms with E-state index in [0.717, 1.165) is 21.9 Å². The van der Waals surface area contributed by atoms with Gasteiger partial charge in [0.2, 0.25) is 0 Å². The number of nitrogens with two attached hydrogens (primary N) is 1. The molecule has 98 valence electrons. The van der Waals surface area contributed by atoms with Gasteiger partial charge in [0.15, 0.2) is 0 Å². The largest absolute Gasteiger partial charge is 0.466 e. The second-order valence-corrected chi connectivity index (χ2v) is 11.0. The van der Waals surface area contributed by atoms with Crippen LogP contribution in [0.4, 0.5) is 4.39 Å². The molecule has 0 aliphatic heterocycles. The van der Waals surface area contributed by atoms with Gasteiger partial charge in [-0.3, -0.25) is 0 Å². The zero-order valence-electron chi connectivity index (χ0n) is 11.4. The fourth-order valence-electron chi connectivity index (χ4n) is 2.05. The molecule has 1 aromatic carbocycles. The molecular weight excluding hydrogens is 245 g/mol. The molecule has 2 rings (SSSR count). The highest BCUT2D eigenvalue weighted by atomic mass is 28.3. The van der Waals surface area contributed by atoms with E-state index >= 15 is 0 Å². The molecular formula is C14H20FNOSi. The molecule has 0 aliphatic carbocycles. The number of halogens is 1. The van der Waals surface area contributed by atoms with E-state index in [1.807, 2.05) is 13.0 Å². The quantitative estimate of drug-likeness (QED) is 0.867. The van der Waals surface area contributed by atoms with E-state index in [4.69, 9.17) is 10.2 Å². The lowest BCUT2D eigenvalue weighted by Crippen LogP contribution is -2.36. The van der Waals surface area contributed by atoms with Gasteiger partial charge in [-0.2, -0.15) is 0 Å². The normalized spacial score (nSPS) is 14.1. The Morgan fingerprint density at radius 2 is 1.94 bits per heavy atom. The lowest BCUT2D eigenvalue weighted by molar-refractivity contribution is 0.613. The average Bonchev–Trinajstić information content (AvgIpc) is 2.59. The lowest BCUT2D eigenvalue weighted by Gasteiger charge is -2.11. The van der Waals surface area contributed by atoms with Crippen LogP contribution >= 0.6 is 0 Å². The smallest absolute Gasteiger partial charge is 0.137 e. The summed E-state index contributed by atoms with van der Waals surface area (Å²) in [6, 6.07) is 5.04. The van der Waals surface area contributed by atoms with Crippen LogP contribution in [0.25, 0.3) is 11.0 Å². The van der Waals surface area contributed by atoms with Crippen molar-refractivity contribution in [3.05, 3.63) is 29.6 Å². The van der Waals surface area contributed by atoms with Crippen LogP contribution in [-0.4, -0.2) is 14.1 Å². The van der Waals surface area contributed by atoms with Crippen molar-refractivity contribution >= 4 is 24.4 Å². The molecule has 0 bridgehead atoms. The molecule has 1 atom stereocenters. The van der Waals surface area contributed by atoms with Gasteiger partial charge in [0, 0.05) is 11.4 Å². The molecule has 1 unspecified atom stereocenters. The first-order valence-electron chi connectivity index (χ1n) is 6.25. The van der Waals surface area contributed by atoms with E-state index in [-0.39, 0.29) is 11.9 Å². The van der Waals surface area contributed by atoms with Gasteiger partial charge in [-0.05, 0) is 37.1 Å². The van der Waals surface area contributed by atoms with Crippen molar-refractivity contribution in [3.63, 3.8) is 0 Å². The summed E-state index contributed by atoms with van der Waals surface area (Å²) in [6.45, 7) is 8.56. The van der Waals surface area contributed by atoms with E-state index in [0.29, 0.717) is 6.42 Å². The zero-order chi connectivity index (χ0) is 13.5. The molecule has 0 aliphatic rings. The zero-order valence-corrected chi connectivity index (χ0v) is 12.4. The number of rotatable bonds is 3. The van der Waals surface area contributed by atoms with Crippen molar-refractivity contribution in [3.8, 4) is 0 Å². The van der Waals surface area contributed by atoms with Gasteiger partial charge in [0.1, 0.15) is 19.5 Å². The number of hydrogen-bond donors (Lipinski definition) is 1. The Labute approximate surface area is 108 Å². The number of fused-ring (bicyclic) bond motifs is 1. The average molecular weight is 265 g/mol. The topological polar surface area (TPSA) is 39.2 Å². The molecule has 4 heteroatoms. The molecule has 0 saturated carbocycles. The molecule has 18 heavy (non-hydrogen) atoms. The SMILES string of the molecule is CC(N)Cc1cc(F)cc2cc([Si](C)(C)C)oc12. The van der Waals surface area contributed by atoms with Gasteiger partial charge >= 0.3 is 0 Å². The van der Waals surface area contributed by atoms with Crippen LogP contribution in [0, 0.1) is 5.82 Å². The van der Waals surface area contributed by atoms with Crippen molar-refractivity contribution in [1.29, 1.82) is 0 Å². The second kappa shape index (κ2) is 4.52. The first kappa shape index (κ1) is 13.3. The Morgan fingerprint density at radius 3 is 2.50 bits per heavy atom. The predicted molar refractivity (Wildman–Crippen MR) is 76.5 cm³/mol. The second-order valence-electron chi connectivity index (χ2n) is 6.03. The summed E-state index contributed by atoms with van der Waals surface area (Å²) in [5.41, 5.74) is 7.47. The molecule has 2 N–H and O–H groups in total. The summed E-state index contributed by atoms with van der Waals surface area (Å²) in [5.74, 6) is -0.221. The van der Waals surface area contributed by atoms with Crippen molar-refractivity contribution < 1.29 is 8.81 Å². The van der Waals surface area contributed by atoms with Gasteiger partial charge in [-0.1, -0.05) is 19.6 Å². The molecule has 0 spiro atoms. The Bertz CT molecular complexity index is 569. The highest BCUT2D eigenvalue weighted by Crippen LogP contribution is 2.23. The van der Waals surface area contributed by atoms with E-state index in [2.05, 4.69) is 19.6 Å². The maximum absolute atomic E-state index is 13.6. The summed E-state index contributed by atoms with van der Waals surface area (Å²) in [7, 11) is -1.52. The summed E-state index contributed by atoms with van der Waals surface area (Å²) in [4.78, 5) is 0. The minimum absolute atomic E-state index is 0.00423. The summed E-state index contributed by atoms with van der Waals surface area (Å²) in [6.07, 6.45) is 0.632. The standard InChI is InChI=1S/C14H20FNOSi/c1-9(16)5-10-6-12(15)7-11-8-13(17-14(10)11)18(2,3)4/h6-9H,5,16H2,1-4H3. The lowest BCUT2D eigenvalue weighted by atomic mass is 10.1. The van der Waals surface area contributed by atoms with Gasteiger partial charge in [0.05, 0.1) is 5.38 Å². The molecule has 0 amide bonds. The maximum Gasteiger partial charge on any atom is 0.137 e. The van der Waals surface area contributed by atoms with E-state index in [1.165, 1.54) is 12.1 Å². The number of benzene rings is 1. The van der Waals surface area contributed by atoms with Crippen molar-refractivity contribution in [2.45, 2.75) is 39.0 Å². The van der Waals surface area contributed by atoms with Gasteiger partial charge in [-0.25, -0.2) is 4.39 Å². The summed E-state index contributed by atoms with van der Waals surface area (Å²) >= 11 is 0. The van der Waals surface area contributed by atoms with Crippen molar-refractivity contribution in [1.82, 2.24) is 0 Å². The van der Waals surface area contributed by atoms with Crippen LogP contribution in [0.2, 0.25) is 19.6 Å². The fourth-order valence-corrected chi connectivity index (χ4v) is 3.05. The Balaban J connectivity index is 2.60. The van der Waals surface area contributed by atoms with E-state index < -0.39 is 8.07 Å². The van der Waals surface area contributed by atoms with Crippen LogP contribution in [-0.2, 0) is 6.42 Å². The van der Waals surface area contributed by atoms with Gasteiger partial charge in [-0.15, -0.1) is 0 Å². The van der Waals surface area contributed by atoms with Crippen LogP contribution in [0.15, 0.2) is 22.6 Å². The first-order chi connectivity index (χ1) is 8.27.